The molecule has 0 aliphatic carbocycles. The number of carbonyl (C=O) groups is 1. The molecule has 0 saturated carbocycles. The summed E-state index contributed by atoms with van der Waals surface area (Å²) in [5, 5.41) is 12.4. The fraction of sp³-hybridized carbons (Fsp3) is 0.381. The molecule has 0 radical (unpaired) electrons. The van der Waals surface area contributed by atoms with Crippen LogP contribution in [-0.2, 0) is 13.6 Å². The minimum Gasteiger partial charge on any atom is -0.337 e. The van der Waals surface area contributed by atoms with Gasteiger partial charge in [0.15, 0.2) is 0 Å². The zero-order valence-electron chi connectivity index (χ0n) is 15.9. The molecule has 28 heavy (non-hydrogen) atoms. The van der Waals surface area contributed by atoms with Crippen molar-refractivity contribution in [2.45, 2.75) is 12.5 Å². The van der Waals surface area contributed by atoms with Crippen molar-refractivity contribution < 1.29 is 4.79 Å². The van der Waals surface area contributed by atoms with Crippen LogP contribution in [-0.4, -0.2) is 56.7 Å². The third-order valence-corrected chi connectivity index (χ3v) is 6.78. The maximum absolute atomic E-state index is 12.7. The third-order valence-electron chi connectivity index (χ3n) is 6.09. The molecule has 1 aromatic carbocycles. The van der Waals surface area contributed by atoms with Crippen LogP contribution >= 0.6 is 11.3 Å². The second-order valence-electron chi connectivity index (χ2n) is 8.04. The van der Waals surface area contributed by atoms with Gasteiger partial charge in [0.25, 0.3) is 5.91 Å². The lowest BCUT2D eigenvalue weighted by atomic mass is 9.71. The molecule has 1 spiro atoms. The summed E-state index contributed by atoms with van der Waals surface area (Å²) in [4.78, 5) is 17.2. The molecule has 3 aromatic rings. The van der Waals surface area contributed by atoms with E-state index in [1.807, 2.05) is 33.3 Å². The first kappa shape index (κ1) is 17.6. The van der Waals surface area contributed by atoms with Crippen LogP contribution in [0.25, 0.3) is 0 Å². The van der Waals surface area contributed by atoms with Gasteiger partial charge in [-0.3, -0.25) is 9.69 Å². The highest BCUT2D eigenvalue weighted by atomic mass is 32.1. The van der Waals surface area contributed by atoms with Gasteiger partial charge in [0.1, 0.15) is 12.2 Å². The molecule has 6 nitrogen and oxygen atoms in total. The van der Waals surface area contributed by atoms with Crippen molar-refractivity contribution in [3.05, 3.63) is 70.4 Å². The highest BCUT2D eigenvalue weighted by molar-refractivity contribution is 7.08. The van der Waals surface area contributed by atoms with Crippen molar-refractivity contribution in [1.82, 2.24) is 24.6 Å². The Morgan fingerprint density at radius 3 is 2.71 bits per heavy atom. The number of rotatable bonds is 4. The zero-order valence-corrected chi connectivity index (χ0v) is 16.7. The zero-order chi connectivity index (χ0) is 19.1. The van der Waals surface area contributed by atoms with Gasteiger partial charge in [-0.2, -0.15) is 11.3 Å². The predicted molar refractivity (Wildman–Crippen MR) is 108 cm³/mol. The van der Waals surface area contributed by atoms with Crippen molar-refractivity contribution >= 4 is 17.2 Å². The molecule has 2 aliphatic heterocycles. The third kappa shape index (κ3) is 2.95. The van der Waals surface area contributed by atoms with Gasteiger partial charge in [-0.05, 0) is 17.0 Å². The molecule has 2 fully saturated rings. The Kier molecular flexibility index (Phi) is 4.29. The van der Waals surface area contributed by atoms with Gasteiger partial charge in [-0.1, -0.05) is 30.3 Å². The van der Waals surface area contributed by atoms with E-state index in [2.05, 4.69) is 45.4 Å². The summed E-state index contributed by atoms with van der Waals surface area (Å²) in [7, 11) is 2.01. The molecule has 5 rings (SSSR count). The maximum atomic E-state index is 12.7. The van der Waals surface area contributed by atoms with Gasteiger partial charge in [0.05, 0.1) is 5.56 Å². The summed E-state index contributed by atoms with van der Waals surface area (Å²) in [5.74, 6) is 1.46. The molecule has 2 aliphatic rings. The number of amides is 1. The van der Waals surface area contributed by atoms with Crippen LogP contribution in [0.5, 0.6) is 0 Å². The summed E-state index contributed by atoms with van der Waals surface area (Å²) in [6.45, 7) is 4.42. The molecule has 0 bridgehead atoms. The van der Waals surface area contributed by atoms with E-state index < -0.39 is 0 Å². The van der Waals surface area contributed by atoms with Crippen LogP contribution in [0.15, 0.2) is 53.5 Å². The lowest BCUT2D eigenvalue weighted by Crippen LogP contribution is -2.61. The number of carbonyl (C=O) groups excluding carboxylic acids is 1. The molecular formula is C21H23N5OS. The normalized spacial score (nSPS) is 21.2. The van der Waals surface area contributed by atoms with E-state index in [4.69, 9.17) is 0 Å². The Morgan fingerprint density at radius 1 is 1.21 bits per heavy atom. The average molecular weight is 394 g/mol. The van der Waals surface area contributed by atoms with E-state index in [-0.39, 0.29) is 17.2 Å². The Hall–Kier alpha value is -2.51. The molecule has 1 amide bonds. The van der Waals surface area contributed by atoms with Gasteiger partial charge in [-0.25, -0.2) is 0 Å². The lowest BCUT2D eigenvalue weighted by Gasteiger charge is -2.50. The van der Waals surface area contributed by atoms with E-state index in [1.165, 1.54) is 5.56 Å². The summed E-state index contributed by atoms with van der Waals surface area (Å²) < 4.78 is 2.03. The largest absolute Gasteiger partial charge is 0.337 e. The number of benzene rings is 1. The first-order valence-corrected chi connectivity index (χ1v) is 10.5. The highest BCUT2D eigenvalue weighted by Gasteiger charge is 2.57. The quantitative estimate of drug-likeness (QED) is 0.684. The minimum atomic E-state index is 0.0568. The molecule has 2 aromatic heterocycles. The van der Waals surface area contributed by atoms with Gasteiger partial charge >= 0.3 is 0 Å². The van der Waals surface area contributed by atoms with E-state index in [1.54, 1.807) is 17.7 Å². The number of thiophene rings is 1. The van der Waals surface area contributed by atoms with Crippen LogP contribution in [0, 0.1) is 5.41 Å². The number of hydrogen-bond donors (Lipinski definition) is 0. The Balaban J connectivity index is 1.37. The molecule has 1 atom stereocenters. The number of nitrogens with zero attached hydrogens (tertiary/aromatic N) is 5. The molecule has 144 valence electrons. The Labute approximate surface area is 168 Å². The minimum absolute atomic E-state index is 0.0568. The fourth-order valence-corrected chi connectivity index (χ4v) is 5.37. The van der Waals surface area contributed by atoms with Gasteiger partial charge in [0, 0.05) is 56.5 Å². The van der Waals surface area contributed by atoms with Crippen LogP contribution < -0.4 is 0 Å². The summed E-state index contributed by atoms with van der Waals surface area (Å²) in [6.07, 6.45) is 1.77. The molecule has 2 saturated heterocycles. The number of aromatic nitrogens is 3. The lowest BCUT2D eigenvalue weighted by molar-refractivity contribution is 0.00145. The van der Waals surface area contributed by atoms with Crippen LogP contribution in [0.1, 0.15) is 27.7 Å². The standard InChI is InChI=1S/C21H23N5OS/c1-24-15-22-23-19(24)18-10-25(9-16-5-3-2-4-6-16)12-21(18)13-26(14-21)20(27)17-7-8-28-11-17/h2-8,11,15,18H,9-10,12-14H2,1H3. The summed E-state index contributed by atoms with van der Waals surface area (Å²) in [6, 6.07) is 12.5. The smallest absolute Gasteiger partial charge is 0.254 e. The summed E-state index contributed by atoms with van der Waals surface area (Å²) >= 11 is 1.57. The van der Waals surface area contributed by atoms with E-state index in [0.717, 1.165) is 44.1 Å². The second kappa shape index (κ2) is 6.83. The van der Waals surface area contributed by atoms with Crippen molar-refractivity contribution in [1.29, 1.82) is 0 Å². The monoisotopic (exact) mass is 393 g/mol. The Bertz CT molecular complexity index is 962. The maximum Gasteiger partial charge on any atom is 0.254 e. The van der Waals surface area contributed by atoms with E-state index in [9.17, 15) is 4.79 Å². The molecule has 1 unspecified atom stereocenters. The Morgan fingerprint density at radius 2 is 2.04 bits per heavy atom. The van der Waals surface area contributed by atoms with E-state index in [0.29, 0.717) is 0 Å². The van der Waals surface area contributed by atoms with Crippen LogP contribution in [0.3, 0.4) is 0 Å². The first-order valence-electron chi connectivity index (χ1n) is 9.56. The van der Waals surface area contributed by atoms with Crippen molar-refractivity contribution in [3.63, 3.8) is 0 Å². The van der Waals surface area contributed by atoms with Crippen LogP contribution in [0.4, 0.5) is 0 Å². The number of aryl methyl sites for hydroxylation is 1. The number of hydrogen-bond acceptors (Lipinski definition) is 5. The topological polar surface area (TPSA) is 54.3 Å². The van der Waals surface area contributed by atoms with Gasteiger partial charge < -0.3 is 9.47 Å². The van der Waals surface area contributed by atoms with Crippen molar-refractivity contribution in [2.75, 3.05) is 26.2 Å². The number of likely N-dealkylation sites (tertiary alicyclic amines) is 2. The molecule has 7 heteroatoms. The van der Waals surface area contributed by atoms with Gasteiger partial charge in [-0.15, -0.1) is 10.2 Å². The van der Waals surface area contributed by atoms with Crippen molar-refractivity contribution in [3.8, 4) is 0 Å². The van der Waals surface area contributed by atoms with Gasteiger partial charge in [0.2, 0.25) is 0 Å². The van der Waals surface area contributed by atoms with Crippen LogP contribution in [0.2, 0.25) is 0 Å². The molecule has 0 N–H and O–H groups in total. The molecule has 4 heterocycles. The molecular weight excluding hydrogens is 370 g/mol. The SMILES string of the molecule is Cn1cnnc1C1CN(Cc2ccccc2)CC12CN(C(=O)c1ccsc1)C2. The average Bonchev–Trinajstić information content (AvgIpc) is 3.40. The highest BCUT2D eigenvalue weighted by Crippen LogP contribution is 2.49. The van der Waals surface area contributed by atoms with E-state index >= 15 is 0 Å². The second-order valence-corrected chi connectivity index (χ2v) is 8.82. The fourth-order valence-electron chi connectivity index (χ4n) is 4.74. The predicted octanol–water partition coefficient (Wildman–Crippen LogP) is 2.62. The van der Waals surface area contributed by atoms with Crippen molar-refractivity contribution in [2.24, 2.45) is 12.5 Å². The summed E-state index contributed by atoms with van der Waals surface area (Å²) in [5.41, 5.74) is 2.18. The first-order chi connectivity index (χ1) is 13.6.